The minimum absolute atomic E-state index is 0.181. The summed E-state index contributed by atoms with van der Waals surface area (Å²) in [6.07, 6.45) is 0. The van der Waals surface area contributed by atoms with Gasteiger partial charge in [0, 0.05) is 6.54 Å². The number of aromatic amines is 1. The van der Waals surface area contributed by atoms with E-state index in [9.17, 15) is 9.59 Å². The van der Waals surface area contributed by atoms with Gasteiger partial charge in [0.15, 0.2) is 0 Å². The number of rotatable bonds is 5. The van der Waals surface area contributed by atoms with Crippen LogP contribution in [0.4, 0.5) is 0 Å². The van der Waals surface area contributed by atoms with E-state index >= 15 is 0 Å². The van der Waals surface area contributed by atoms with Crippen molar-refractivity contribution in [2.24, 2.45) is 0 Å². The molecule has 0 saturated heterocycles. The number of benzene rings is 1. The molecule has 7 heteroatoms. The first-order chi connectivity index (χ1) is 12.3. The third-order valence-electron chi connectivity index (χ3n) is 4.10. The molecule has 0 atom stereocenters. The van der Waals surface area contributed by atoms with Crippen molar-refractivity contribution in [3.63, 3.8) is 0 Å². The van der Waals surface area contributed by atoms with Crippen molar-refractivity contribution in [3.05, 3.63) is 62.0 Å². The predicted molar refractivity (Wildman–Crippen MR) is 105 cm³/mol. The second-order valence-electron chi connectivity index (χ2n) is 6.66. The van der Waals surface area contributed by atoms with E-state index in [-0.39, 0.29) is 11.5 Å². The molecular weight excluding hydrogens is 348 g/mol. The molecule has 6 nitrogen and oxygen atoms in total. The van der Waals surface area contributed by atoms with E-state index in [4.69, 9.17) is 0 Å². The number of nitrogens with one attached hydrogen (secondary N) is 2. The van der Waals surface area contributed by atoms with E-state index in [2.05, 4.69) is 15.3 Å². The molecule has 3 rings (SSSR count). The molecule has 26 heavy (non-hydrogen) atoms. The fraction of sp³-hybridized carbons (Fsp3) is 0.316. The summed E-state index contributed by atoms with van der Waals surface area (Å²) >= 11 is 1.26. The molecule has 0 aliphatic rings. The molecule has 2 heterocycles. The van der Waals surface area contributed by atoms with Crippen molar-refractivity contribution in [1.29, 1.82) is 0 Å². The molecule has 0 aliphatic carbocycles. The first-order valence-electron chi connectivity index (χ1n) is 8.36. The average molecular weight is 370 g/mol. The van der Waals surface area contributed by atoms with Gasteiger partial charge in [-0.15, -0.1) is 11.3 Å². The van der Waals surface area contributed by atoms with Gasteiger partial charge in [-0.25, -0.2) is 4.98 Å². The van der Waals surface area contributed by atoms with Crippen LogP contribution < -0.4 is 10.9 Å². The highest BCUT2D eigenvalue weighted by Gasteiger charge is 2.19. The summed E-state index contributed by atoms with van der Waals surface area (Å²) in [4.78, 5) is 35.4. The highest BCUT2D eigenvalue weighted by molar-refractivity contribution is 7.20. The first-order valence-corrected chi connectivity index (χ1v) is 9.17. The zero-order valence-electron chi connectivity index (χ0n) is 15.3. The Labute approximate surface area is 155 Å². The maximum Gasteiger partial charge on any atom is 0.261 e. The molecule has 1 amide bonds. The van der Waals surface area contributed by atoms with E-state index in [0.29, 0.717) is 39.6 Å². The lowest BCUT2D eigenvalue weighted by Crippen LogP contribution is -2.22. The van der Waals surface area contributed by atoms with Crippen molar-refractivity contribution < 1.29 is 4.79 Å². The second-order valence-corrected chi connectivity index (χ2v) is 7.65. The summed E-state index contributed by atoms with van der Waals surface area (Å²) in [5.41, 5.74) is 2.70. The van der Waals surface area contributed by atoms with Crippen LogP contribution in [0.1, 0.15) is 32.2 Å². The zero-order chi connectivity index (χ0) is 18.8. The molecule has 0 spiro atoms. The summed E-state index contributed by atoms with van der Waals surface area (Å²) in [6.45, 7) is 4.81. The van der Waals surface area contributed by atoms with Crippen LogP contribution in [0.2, 0.25) is 0 Å². The smallest absolute Gasteiger partial charge is 0.261 e. The van der Waals surface area contributed by atoms with Gasteiger partial charge in [-0.05, 0) is 39.1 Å². The summed E-state index contributed by atoms with van der Waals surface area (Å²) in [5, 5.41) is 3.42. The molecule has 0 aliphatic heterocycles. The van der Waals surface area contributed by atoms with Crippen molar-refractivity contribution in [1.82, 2.24) is 20.2 Å². The number of carbonyl (C=O) groups excluding carboxylic acids is 1. The Hall–Kier alpha value is -2.51. The van der Waals surface area contributed by atoms with Crippen LogP contribution in [0.5, 0.6) is 0 Å². The van der Waals surface area contributed by atoms with Gasteiger partial charge in [-0.2, -0.15) is 0 Å². The Kier molecular flexibility index (Phi) is 5.20. The van der Waals surface area contributed by atoms with E-state index in [1.807, 2.05) is 50.2 Å². The third-order valence-corrected chi connectivity index (χ3v) is 5.28. The van der Waals surface area contributed by atoms with Crippen LogP contribution in [0.3, 0.4) is 0 Å². The minimum atomic E-state index is -0.196. The molecule has 0 saturated carbocycles. The van der Waals surface area contributed by atoms with Gasteiger partial charge in [-0.3, -0.25) is 9.59 Å². The van der Waals surface area contributed by atoms with Gasteiger partial charge >= 0.3 is 0 Å². The summed E-state index contributed by atoms with van der Waals surface area (Å²) in [7, 11) is 3.82. The van der Waals surface area contributed by atoms with Gasteiger partial charge in [0.1, 0.15) is 10.7 Å². The average Bonchev–Trinajstić information content (AvgIpc) is 2.90. The normalized spacial score (nSPS) is 11.3. The lowest BCUT2D eigenvalue weighted by atomic mass is 10.1. The molecule has 136 valence electrons. The number of hydrogen-bond acceptors (Lipinski definition) is 5. The Morgan fingerprint density at radius 1 is 1.23 bits per heavy atom. The zero-order valence-corrected chi connectivity index (χ0v) is 16.2. The number of fused-ring (bicyclic) bond motifs is 1. The van der Waals surface area contributed by atoms with E-state index in [1.165, 1.54) is 16.9 Å². The standard InChI is InChI=1S/C19H22N4O2S/c1-11-5-7-13(8-6-11)9-20-18(25)16-12(2)15-17(24)21-14(10-23(3)4)22-19(15)26-16/h5-8H,9-10H2,1-4H3,(H,20,25)(H,21,22,24). The number of H-pyrrole nitrogens is 1. The highest BCUT2D eigenvalue weighted by atomic mass is 32.1. The lowest BCUT2D eigenvalue weighted by Gasteiger charge is -2.07. The Morgan fingerprint density at radius 3 is 2.58 bits per heavy atom. The Bertz CT molecular complexity index is 1000. The monoisotopic (exact) mass is 370 g/mol. The maximum atomic E-state index is 12.6. The van der Waals surface area contributed by atoms with Crippen LogP contribution in [0.15, 0.2) is 29.1 Å². The number of nitrogens with zero attached hydrogens (tertiary/aromatic N) is 2. The third kappa shape index (κ3) is 3.84. The number of aromatic nitrogens is 2. The largest absolute Gasteiger partial charge is 0.347 e. The van der Waals surface area contributed by atoms with Gasteiger partial charge < -0.3 is 15.2 Å². The molecule has 0 unspecified atom stereocenters. The molecule has 2 aromatic heterocycles. The lowest BCUT2D eigenvalue weighted by molar-refractivity contribution is 0.0954. The van der Waals surface area contributed by atoms with E-state index < -0.39 is 0 Å². The summed E-state index contributed by atoms with van der Waals surface area (Å²) in [5.74, 6) is 0.417. The van der Waals surface area contributed by atoms with Crippen molar-refractivity contribution in [3.8, 4) is 0 Å². The SMILES string of the molecule is Cc1ccc(CNC(=O)c2sc3nc(CN(C)C)[nH]c(=O)c3c2C)cc1. The van der Waals surface area contributed by atoms with Crippen LogP contribution in [0, 0.1) is 13.8 Å². The van der Waals surface area contributed by atoms with Crippen LogP contribution in [-0.2, 0) is 13.1 Å². The quantitative estimate of drug-likeness (QED) is 0.724. The minimum Gasteiger partial charge on any atom is -0.347 e. The first kappa shape index (κ1) is 18.3. The van der Waals surface area contributed by atoms with E-state index in [0.717, 1.165) is 5.56 Å². The fourth-order valence-electron chi connectivity index (χ4n) is 2.75. The second kappa shape index (κ2) is 7.39. The van der Waals surface area contributed by atoms with Gasteiger partial charge in [-0.1, -0.05) is 29.8 Å². The number of hydrogen-bond donors (Lipinski definition) is 2. The molecular formula is C19H22N4O2S. The van der Waals surface area contributed by atoms with Crippen LogP contribution in [-0.4, -0.2) is 34.9 Å². The molecule has 0 bridgehead atoms. The van der Waals surface area contributed by atoms with Crippen molar-refractivity contribution >= 4 is 27.5 Å². The highest BCUT2D eigenvalue weighted by Crippen LogP contribution is 2.27. The number of aryl methyl sites for hydroxylation is 2. The maximum absolute atomic E-state index is 12.6. The number of carbonyl (C=O) groups is 1. The molecule has 0 fully saturated rings. The topological polar surface area (TPSA) is 78.1 Å². The van der Waals surface area contributed by atoms with Gasteiger partial charge in [0.05, 0.1) is 16.8 Å². The molecule has 1 aromatic carbocycles. The van der Waals surface area contributed by atoms with Crippen molar-refractivity contribution in [2.45, 2.75) is 26.9 Å². The van der Waals surface area contributed by atoms with Crippen LogP contribution >= 0.6 is 11.3 Å². The van der Waals surface area contributed by atoms with E-state index in [1.54, 1.807) is 6.92 Å². The number of thiophene rings is 1. The van der Waals surface area contributed by atoms with Crippen molar-refractivity contribution in [2.75, 3.05) is 14.1 Å². The number of amides is 1. The molecule has 2 N–H and O–H groups in total. The summed E-state index contributed by atoms with van der Waals surface area (Å²) < 4.78 is 0. The van der Waals surface area contributed by atoms with Gasteiger partial charge in [0.2, 0.25) is 0 Å². The Balaban J connectivity index is 1.86. The molecule has 3 aromatic rings. The fourth-order valence-corrected chi connectivity index (χ4v) is 3.87. The predicted octanol–water partition coefficient (Wildman–Crippen LogP) is 2.59. The Morgan fingerprint density at radius 2 is 1.92 bits per heavy atom. The van der Waals surface area contributed by atoms with Gasteiger partial charge in [0.25, 0.3) is 11.5 Å². The molecule has 0 radical (unpaired) electrons. The van der Waals surface area contributed by atoms with Crippen LogP contribution in [0.25, 0.3) is 10.2 Å². The summed E-state index contributed by atoms with van der Waals surface area (Å²) in [6, 6.07) is 8.02.